The lowest BCUT2D eigenvalue weighted by Gasteiger charge is -2.30. The van der Waals surface area contributed by atoms with Crippen molar-refractivity contribution in [2.24, 2.45) is 0 Å². The maximum atomic E-state index is 12.4. The lowest BCUT2D eigenvalue weighted by atomic mass is 9.91. The van der Waals surface area contributed by atoms with E-state index in [1.807, 2.05) is 69.3 Å². The number of phenols is 1. The van der Waals surface area contributed by atoms with Crippen molar-refractivity contribution < 1.29 is 14.6 Å². The second-order valence-corrected chi connectivity index (χ2v) is 8.99. The van der Waals surface area contributed by atoms with E-state index in [0.29, 0.717) is 25.1 Å². The highest BCUT2D eigenvalue weighted by molar-refractivity contribution is 5.98. The van der Waals surface area contributed by atoms with Crippen LogP contribution >= 0.6 is 0 Å². The highest BCUT2D eigenvalue weighted by Crippen LogP contribution is 2.37. The first-order chi connectivity index (χ1) is 15.2. The van der Waals surface area contributed by atoms with Gasteiger partial charge in [-0.3, -0.25) is 0 Å². The van der Waals surface area contributed by atoms with Crippen LogP contribution in [0.1, 0.15) is 38.3 Å². The third-order valence-electron chi connectivity index (χ3n) is 5.53. The fraction of sp³-hybridized carbons (Fsp3) is 0.259. The van der Waals surface area contributed by atoms with Gasteiger partial charge in [-0.25, -0.2) is 4.79 Å². The summed E-state index contributed by atoms with van der Waals surface area (Å²) in [6, 6.07) is 19.4. The third-order valence-corrected chi connectivity index (χ3v) is 5.53. The Morgan fingerprint density at radius 1 is 1.06 bits per heavy atom. The number of aromatic hydroxyl groups is 1. The molecule has 1 aliphatic rings. The number of ether oxygens (including phenoxy) is 1. The molecule has 0 fully saturated rings. The Balaban J connectivity index is 1.64. The van der Waals surface area contributed by atoms with Crippen molar-refractivity contribution in [3.8, 4) is 22.9 Å². The standard InChI is InChI=1S/C27H26N2O3/c1-27(2,3)32-26(31)29-14-12-20(13-15-29)25-23-10-8-21(16-22(23)9-11-24(25)30)19-6-4-18(17-28)5-7-19/h4-12,16,30H,13-15H2,1-3H3. The zero-order valence-corrected chi connectivity index (χ0v) is 18.6. The van der Waals surface area contributed by atoms with Crippen LogP contribution in [-0.4, -0.2) is 34.8 Å². The molecule has 162 valence electrons. The van der Waals surface area contributed by atoms with Gasteiger partial charge in [0.05, 0.1) is 11.6 Å². The normalized spacial score (nSPS) is 14.1. The molecule has 0 aromatic heterocycles. The zero-order chi connectivity index (χ0) is 22.9. The monoisotopic (exact) mass is 426 g/mol. The lowest BCUT2D eigenvalue weighted by Crippen LogP contribution is -2.39. The molecule has 0 aliphatic carbocycles. The summed E-state index contributed by atoms with van der Waals surface area (Å²) in [6.45, 7) is 6.56. The highest BCUT2D eigenvalue weighted by atomic mass is 16.6. The number of carbonyl (C=O) groups is 1. The van der Waals surface area contributed by atoms with Gasteiger partial charge in [0.25, 0.3) is 0 Å². The molecule has 0 atom stereocenters. The van der Waals surface area contributed by atoms with Crippen molar-refractivity contribution in [1.29, 1.82) is 5.26 Å². The van der Waals surface area contributed by atoms with Gasteiger partial charge in [-0.2, -0.15) is 5.26 Å². The van der Waals surface area contributed by atoms with E-state index in [4.69, 9.17) is 10.00 Å². The Labute approximate surface area is 188 Å². The zero-order valence-electron chi connectivity index (χ0n) is 18.6. The predicted octanol–water partition coefficient (Wildman–Crippen LogP) is 6.11. The van der Waals surface area contributed by atoms with Gasteiger partial charge in [-0.15, -0.1) is 0 Å². The second-order valence-electron chi connectivity index (χ2n) is 8.99. The van der Waals surface area contributed by atoms with Gasteiger partial charge in [0, 0.05) is 18.7 Å². The molecule has 0 radical (unpaired) electrons. The van der Waals surface area contributed by atoms with Gasteiger partial charge in [0.1, 0.15) is 11.4 Å². The number of benzene rings is 3. The molecule has 0 unspecified atom stereocenters. The summed E-state index contributed by atoms with van der Waals surface area (Å²) in [7, 11) is 0. The Bertz CT molecular complexity index is 1240. The lowest BCUT2D eigenvalue weighted by molar-refractivity contribution is 0.0270. The minimum Gasteiger partial charge on any atom is -0.507 e. The van der Waals surface area contributed by atoms with Crippen LogP contribution in [0.5, 0.6) is 5.75 Å². The summed E-state index contributed by atoms with van der Waals surface area (Å²) >= 11 is 0. The molecule has 0 spiro atoms. The maximum Gasteiger partial charge on any atom is 0.410 e. The third kappa shape index (κ3) is 4.45. The van der Waals surface area contributed by atoms with Crippen LogP contribution in [0, 0.1) is 11.3 Å². The first-order valence-electron chi connectivity index (χ1n) is 10.7. The average Bonchev–Trinajstić information content (AvgIpc) is 2.78. The summed E-state index contributed by atoms with van der Waals surface area (Å²) in [5.41, 5.74) is 4.03. The summed E-state index contributed by atoms with van der Waals surface area (Å²) < 4.78 is 5.47. The molecule has 1 heterocycles. The number of phenolic OH excluding ortho intramolecular Hbond substituents is 1. The first-order valence-corrected chi connectivity index (χ1v) is 10.7. The van der Waals surface area contributed by atoms with Gasteiger partial charge in [-0.05, 0) is 78.9 Å². The molecule has 1 N–H and O–H groups in total. The van der Waals surface area contributed by atoms with Crippen LogP contribution in [0.4, 0.5) is 4.79 Å². The molecular formula is C27H26N2O3. The molecule has 3 aromatic rings. The number of nitrogens with zero attached hydrogens (tertiary/aromatic N) is 2. The van der Waals surface area contributed by atoms with Crippen LogP contribution in [0.3, 0.4) is 0 Å². The molecule has 3 aromatic carbocycles. The highest BCUT2D eigenvalue weighted by Gasteiger charge is 2.25. The van der Waals surface area contributed by atoms with E-state index in [-0.39, 0.29) is 11.8 Å². The Hall–Kier alpha value is -3.78. The van der Waals surface area contributed by atoms with E-state index in [9.17, 15) is 9.90 Å². The fourth-order valence-electron chi connectivity index (χ4n) is 3.96. The number of hydrogen-bond acceptors (Lipinski definition) is 4. The molecule has 0 bridgehead atoms. The number of hydrogen-bond donors (Lipinski definition) is 1. The number of rotatable bonds is 2. The molecule has 1 aliphatic heterocycles. The Morgan fingerprint density at radius 3 is 2.41 bits per heavy atom. The van der Waals surface area contributed by atoms with Crippen molar-refractivity contribution in [2.45, 2.75) is 32.8 Å². The SMILES string of the molecule is CC(C)(C)OC(=O)N1CC=C(c2c(O)ccc3cc(-c4ccc(C#N)cc4)ccc23)CC1. The maximum absolute atomic E-state index is 12.4. The van der Waals surface area contributed by atoms with E-state index in [1.165, 1.54) is 0 Å². The van der Waals surface area contributed by atoms with Gasteiger partial charge in [0.2, 0.25) is 0 Å². The molecule has 5 heteroatoms. The van der Waals surface area contributed by atoms with Crippen LogP contribution in [0.2, 0.25) is 0 Å². The van der Waals surface area contributed by atoms with E-state index in [0.717, 1.165) is 33.0 Å². The first kappa shape index (κ1) is 21.5. The van der Waals surface area contributed by atoms with Crippen molar-refractivity contribution >= 4 is 22.4 Å². The molecule has 4 rings (SSSR count). The Kier molecular flexibility index (Phi) is 5.63. The molecular weight excluding hydrogens is 400 g/mol. The summed E-state index contributed by atoms with van der Waals surface area (Å²) in [5.74, 6) is 0.237. The van der Waals surface area contributed by atoms with Crippen molar-refractivity contribution in [2.75, 3.05) is 13.1 Å². The predicted molar refractivity (Wildman–Crippen MR) is 126 cm³/mol. The number of nitriles is 1. The molecule has 5 nitrogen and oxygen atoms in total. The smallest absolute Gasteiger partial charge is 0.410 e. The second kappa shape index (κ2) is 8.39. The Morgan fingerprint density at radius 2 is 1.78 bits per heavy atom. The minimum absolute atomic E-state index is 0.237. The summed E-state index contributed by atoms with van der Waals surface area (Å²) in [5, 5.41) is 21.7. The van der Waals surface area contributed by atoms with Crippen LogP contribution in [-0.2, 0) is 4.74 Å². The quantitative estimate of drug-likeness (QED) is 0.537. The van der Waals surface area contributed by atoms with Gasteiger partial charge < -0.3 is 14.7 Å². The molecule has 0 saturated heterocycles. The molecule has 32 heavy (non-hydrogen) atoms. The van der Waals surface area contributed by atoms with Crippen molar-refractivity contribution in [1.82, 2.24) is 4.90 Å². The largest absolute Gasteiger partial charge is 0.507 e. The van der Waals surface area contributed by atoms with Crippen LogP contribution in [0.15, 0.2) is 60.7 Å². The minimum atomic E-state index is -0.526. The van der Waals surface area contributed by atoms with E-state index < -0.39 is 5.60 Å². The van der Waals surface area contributed by atoms with Gasteiger partial charge >= 0.3 is 6.09 Å². The fourth-order valence-corrected chi connectivity index (χ4v) is 3.96. The number of carbonyl (C=O) groups excluding carboxylic acids is 1. The van der Waals surface area contributed by atoms with Crippen LogP contribution < -0.4 is 0 Å². The summed E-state index contributed by atoms with van der Waals surface area (Å²) in [6.07, 6.45) is 2.32. The van der Waals surface area contributed by atoms with Crippen molar-refractivity contribution in [3.63, 3.8) is 0 Å². The molecule has 1 amide bonds. The molecule has 0 saturated carbocycles. The van der Waals surface area contributed by atoms with Crippen molar-refractivity contribution in [3.05, 3.63) is 71.8 Å². The van der Waals surface area contributed by atoms with E-state index >= 15 is 0 Å². The van der Waals surface area contributed by atoms with Gasteiger partial charge in [-0.1, -0.05) is 36.4 Å². The summed E-state index contributed by atoms with van der Waals surface area (Å²) in [4.78, 5) is 14.0. The average molecular weight is 427 g/mol. The number of fused-ring (bicyclic) bond motifs is 1. The van der Waals surface area contributed by atoms with E-state index in [2.05, 4.69) is 12.1 Å². The topological polar surface area (TPSA) is 73.6 Å². The van der Waals surface area contributed by atoms with Crippen LogP contribution in [0.25, 0.3) is 27.5 Å². The van der Waals surface area contributed by atoms with Gasteiger partial charge in [0.15, 0.2) is 0 Å². The van der Waals surface area contributed by atoms with E-state index in [1.54, 1.807) is 11.0 Å². The number of amides is 1.